The Morgan fingerprint density at radius 2 is 2.17 bits per heavy atom. The summed E-state index contributed by atoms with van der Waals surface area (Å²) in [5.41, 5.74) is 0.958. The van der Waals surface area contributed by atoms with Crippen LogP contribution in [0.4, 0.5) is 4.39 Å². The summed E-state index contributed by atoms with van der Waals surface area (Å²) in [7, 11) is 0. The van der Waals surface area contributed by atoms with E-state index < -0.39 is 6.10 Å². The molecule has 0 radical (unpaired) electrons. The van der Waals surface area contributed by atoms with Crippen molar-refractivity contribution in [2.24, 2.45) is 0 Å². The summed E-state index contributed by atoms with van der Waals surface area (Å²) in [6, 6.07) is 6.41. The highest BCUT2D eigenvalue weighted by atomic mass is 32.2. The van der Waals surface area contributed by atoms with Gasteiger partial charge in [0.2, 0.25) is 0 Å². The highest BCUT2D eigenvalue weighted by Gasteiger charge is 2.21. The maximum atomic E-state index is 13.4. The fourth-order valence-corrected chi connectivity index (χ4v) is 3.27. The van der Waals surface area contributed by atoms with Crippen LogP contribution in [0, 0.1) is 5.82 Å². The second-order valence-electron chi connectivity index (χ2n) is 5.56. The molecule has 23 heavy (non-hydrogen) atoms. The molecular weight excluding hydrogens is 315 g/mol. The Bertz CT molecular complexity index is 685. The smallest absolute Gasteiger partial charge is 0.303 e. The first-order valence-corrected chi connectivity index (χ1v) is 8.42. The minimum atomic E-state index is -0.396. The van der Waals surface area contributed by atoms with E-state index in [4.69, 9.17) is 4.74 Å². The van der Waals surface area contributed by atoms with Crippen LogP contribution in [-0.2, 0) is 9.53 Å². The van der Waals surface area contributed by atoms with Gasteiger partial charge in [-0.25, -0.2) is 9.37 Å². The molecule has 0 saturated carbocycles. The van der Waals surface area contributed by atoms with Crippen LogP contribution in [0.1, 0.15) is 57.7 Å². The number of rotatable bonds is 6. The van der Waals surface area contributed by atoms with Gasteiger partial charge in [-0.05, 0) is 30.5 Å². The molecule has 1 heterocycles. The summed E-state index contributed by atoms with van der Waals surface area (Å²) in [5, 5.41) is 0.784. The van der Waals surface area contributed by atoms with Gasteiger partial charge >= 0.3 is 5.97 Å². The molecule has 1 aromatic heterocycles. The molecule has 1 unspecified atom stereocenters. The largest absolute Gasteiger partial charge is 0.454 e. The van der Waals surface area contributed by atoms with Crippen molar-refractivity contribution in [3.8, 4) is 0 Å². The van der Waals surface area contributed by atoms with Gasteiger partial charge in [-0.2, -0.15) is 0 Å². The standard InChI is InChI=1S/C17H21FN2O2S/c1-5-14(22-11(4)21)16-19-15(10(2)3)17(20-16)23-13-8-6-7-12(18)9-13/h6-10,14H,5H2,1-4H3,(H,19,20). The minimum absolute atomic E-state index is 0.224. The molecule has 0 bridgehead atoms. The molecule has 4 nitrogen and oxygen atoms in total. The number of nitrogens with zero attached hydrogens (tertiary/aromatic N) is 1. The predicted molar refractivity (Wildman–Crippen MR) is 88.0 cm³/mol. The van der Waals surface area contributed by atoms with Gasteiger partial charge in [0.1, 0.15) is 16.7 Å². The maximum absolute atomic E-state index is 13.4. The van der Waals surface area contributed by atoms with E-state index in [-0.39, 0.29) is 17.7 Å². The molecule has 1 aromatic carbocycles. The van der Waals surface area contributed by atoms with Crippen molar-refractivity contribution in [1.29, 1.82) is 0 Å². The van der Waals surface area contributed by atoms with Gasteiger partial charge in [0.05, 0.1) is 5.69 Å². The lowest BCUT2D eigenvalue weighted by atomic mass is 10.1. The SMILES string of the molecule is CCC(OC(C)=O)c1nc(Sc2cccc(F)c2)c(C(C)C)[nH]1. The number of H-pyrrole nitrogens is 1. The Balaban J connectivity index is 2.32. The minimum Gasteiger partial charge on any atom is -0.454 e. The van der Waals surface area contributed by atoms with Gasteiger partial charge in [0.25, 0.3) is 0 Å². The molecule has 0 spiro atoms. The summed E-state index contributed by atoms with van der Waals surface area (Å²) in [6.45, 7) is 7.43. The van der Waals surface area contributed by atoms with Crippen LogP contribution in [0.5, 0.6) is 0 Å². The van der Waals surface area contributed by atoms with E-state index in [1.54, 1.807) is 6.07 Å². The van der Waals surface area contributed by atoms with E-state index in [2.05, 4.69) is 23.8 Å². The molecule has 0 fully saturated rings. The van der Waals surface area contributed by atoms with Crippen molar-refractivity contribution in [2.75, 3.05) is 0 Å². The molecule has 6 heteroatoms. The first-order chi connectivity index (χ1) is 10.9. The lowest BCUT2D eigenvalue weighted by Crippen LogP contribution is -2.09. The highest BCUT2D eigenvalue weighted by molar-refractivity contribution is 7.99. The Kier molecular flexibility index (Phi) is 5.82. The monoisotopic (exact) mass is 336 g/mol. The van der Waals surface area contributed by atoms with Gasteiger partial charge < -0.3 is 9.72 Å². The van der Waals surface area contributed by atoms with E-state index in [0.29, 0.717) is 12.2 Å². The Morgan fingerprint density at radius 3 is 2.74 bits per heavy atom. The van der Waals surface area contributed by atoms with Crippen molar-refractivity contribution < 1.29 is 13.9 Å². The Hall–Kier alpha value is -1.82. The van der Waals surface area contributed by atoms with Crippen molar-refractivity contribution in [3.05, 3.63) is 41.6 Å². The van der Waals surface area contributed by atoms with E-state index in [1.807, 2.05) is 13.0 Å². The Morgan fingerprint density at radius 1 is 1.43 bits per heavy atom. The third-order valence-electron chi connectivity index (χ3n) is 3.29. The number of hydrogen-bond donors (Lipinski definition) is 1. The fraction of sp³-hybridized carbons (Fsp3) is 0.412. The maximum Gasteiger partial charge on any atom is 0.303 e. The zero-order valence-corrected chi connectivity index (χ0v) is 14.5. The molecule has 2 aromatic rings. The summed E-state index contributed by atoms with van der Waals surface area (Å²) in [6.07, 6.45) is 0.237. The lowest BCUT2D eigenvalue weighted by molar-refractivity contribution is -0.147. The topological polar surface area (TPSA) is 55.0 Å². The second-order valence-corrected chi connectivity index (χ2v) is 6.62. The van der Waals surface area contributed by atoms with Gasteiger partial charge in [-0.15, -0.1) is 0 Å². The summed E-state index contributed by atoms with van der Waals surface area (Å²) < 4.78 is 18.7. The second kappa shape index (κ2) is 7.64. The van der Waals surface area contributed by atoms with Crippen molar-refractivity contribution >= 4 is 17.7 Å². The molecule has 0 aliphatic carbocycles. The van der Waals surface area contributed by atoms with Crippen LogP contribution in [0.2, 0.25) is 0 Å². The zero-order chi connectivity index (χ0) is 17.0. The van der Waals surface area contributed by atoms with Crippen molar-refractivity contribution in [1.82, 2.24) is 9.97 Å². The average molecular weight is 336 g/mol. The van der Waals surface area contributed by atoms with Crippen LogP contribution in [-0.4, -0.2) is 15.9 Å². The molecule has 0 aliphatic rings. The van der Waals surface area contributed by atoms with Crippen LogP contribution in [0.3, 0.4) is 0 Å². The normalized spacial score (nSPS) is 12.4. The molecule has 0 saturated heterocycles. The van der Waals surface area contributed by atoms with E-state index >= 15 is 0 Å². The molecule has 124 valence electrons. The van der Waals surface area contributed by atoms with Crippen LogP contribution < -0.4 is 0 Å². The third-order valence-corrected chi connectivity index (χ3v) is 4.28. The van der Waals surface area contributed by atoms with Crippen molar-refractivity contribution in [2.45, 2.75) is 56.1 Å². The number of benzene rings is 1. The van der Waals surface area contributed by atoms with E-state index in [0.717, 1.165) is 15.6 Å². The molecule has 0 amide bonds. The number of carbonyl (C=O) groups is 1. The third kappa shape index (κ3) is 4.58. The molecule has 2 rings (SSSR count). The number of aromatic amines is 1. The highest BCUT2D eigenvalue weighted by Crippen LogP contribution is 2.34. The number of hydrogen-bond acceptors (Lipinski definition) is 4. The number of carbonyl (C=O) groups excluding carboxylic acids is 1. The van der Waals surface area contributed by atoms with E-state index in [1.165, 1.54) is 30.8 Å². The number of imidazole rings is 1. The van der Waals surface area contributed by atoms with Gasteiger partial charge in [0, 0.05) is 11.8 Å². The molecular formula is C17H21FN2O2S. The van der Waals surface area contributed by atoms with Gasteiger partial charge in [-0.1, -0.05) is 38.6 Å². The number of esters is 1. The lowest BCUT2D eigenvalue weighted by Gasteiger charge is -2.12. The summed E-state index contributed by atoms with van der Waals surface area (Å²) >= 11 is 1.40. The summed E-state index contributed by atoms with van der Waals surface area (Å²) in [5.74, 6) is 0.245. The van der Waals surface area contributed by atoms with Crippen LogP contribution in [0.15, 0.2) is 34.2 Å². The first kappa shape index (κ1) is 17.5. The number of halogens is 1. The van der Waals surface area contributed by atoms with Gasteiger partial charge in [-0.3, -0.25) is 4.79 Å². The zero-order valence-electron chi connectivity index (χ0n) is 13.7. The number of ether oxygens (including phenoxy) is 1. The number of aromatic nitrogens is 2. The molecule has 1 N–H and O–H groups in total. The first-order valence-electron chi connectivity index (χ1n) is 7.61. The fourth-order valence-electron chi connectivity index (χ4n) is 2.19. The van der Waals surface area contributed by atoms with Crippen LogP contribution >= 0.6 is 11.8 Å². The average Bonchev–Trinajstić information content (AvgIpc) is 2.88. The summed E-state index contributed by atoms with van der Waals surface area (Å²) in [4.78, 5) is 19.9. The van der Waals surface area contributed by atoms with Crippen LogP contribution in [0.25, 0.3) is 0 Å². The number of nitrogens with one attached hydrogen (secondary N) is 1. The van der Waals surface area contributed by atoms with E-state index in [9.17, 15) is 9.18 Å². The molecule has 1 atom stereocenters. The predicted octanol–water partition coefficient (Wildman–Crippen LogP) is 4.84. The van der Waals surface area contributed by atoms with Crippen molar-refractivity contribution in [3.63, 3.8) is 0 Å². The quantitative estimate of drug-likeness (QED) is 0.767. The van der Waals surface area contributed by atoms with Gasteiger partial charge in [0.15, 0.2) is 6.10 Å². The Labute approximate surface area is 139 Å². The molecule has 0 aliphatic heterocycles.